The minimum absolute atomic E-state index is 0.149. The Balaban J connectivity index is 0.973. The highest BCUT2D eigenvalue weighted by Gasteiger charge is 2.54. The number of hydrogen-bond acceptors (Lipinski definition) is 10. The van der Waals surface area contributed by atoms with Crippen molar-refractivity contribution in [2.45, 2.75) is 193 Å². The van der Waals surface area contributed by atoms with Crippen molar-refractivity contribution >= 4 is 79.1 Å². The summed E-state index contributed by atoms with van der Waals surface area (Å²) in [4.78, 5) is 42.1. The summed E-state index contributed by atoms with van der Waals surface area (Å²) >= 11 is 3.23. The molecule has 12 heteroatoms. The smallest absolute Gasteiger partial charge is 0.270 e. The molecule has 0 saturated heterocycles. The zero-order valence-corrected chi connectivity index (χ0v) is 70.1. The van der Waals surface area contributed by atoms with E-state index in [-0.39, 0.29) is 23.0 Å². The number of nitrogens with zero attached hydrogens (tertiary/aromatic N) is 4. The molecule has 10 nitrogen and oxygen atoms in total. The molecule has 0 spiro atoms. The number of fused-ring (bicyclic) bond motifs is 10. The molecular weight excluding hydrogens is 1490 g/mol. The monoisotopic (exact) mass is 1590 g/mol. The first-order chi connectivity index (χ1) is 58.0. The van der Waals surface area contributed by atoms with Crippen LogP contribution in [0, 0.1) is 35.8 Å². The molecule has 118 heavy (non-hydrogen) atoms. The first-order valence-electron chi connectivity index (χ1n) is 43.1. The van der Waals surface area contributed by atoms with E-state index in [1.54, 1.807) is 22.7 Å². The number of rotatable bonds is 38. The number of Topliss-reactive ketones (excluding diaryl/α,β-unsaturated/α-hetero) is 2. The number of benzene rings is 9. The lowest BCUT2D eigenvalue weighted by atomic mass is 9.68. The predicted octanol–water partition coefficient (Wildman–Crippen LogP) is 28.7. The fourth-order valence-electron chi connectivity index (χ4n) is 18.2. The van der Waals surface area contributed by atoms with Gasteiger partial charge in [-0.3, -0.25) is 9.59 Å². The predicted molar refractivity (Wildman–Crippen MR) is 483 cm³/mol. The third kappa shape index (κ3) is 16.2. The van der Waals surface area contributed by atoms with E-state index in [4.69, 9.17) is 32.1 Å². The first-order valence-corrected chi connectivity index (χ1v) is 44.7. The van der Waals surface area contributed by atoms with Gasteiger partial charge in [-0.05, 0) is 223 Å². The van der Waals surface area contributed by atoms with Crippen LogP contribution in [0.25, 0.3) is 76.8 Å². The molecule has 4 aliphatic carbocycles. The molecule has 11 aromatic rings. The average Bonchev–Trinajstić information content (AvgIpc) is 1.50. The number of carbonyl (C=O) groups is 2. The normalized spacial score (nSPS) is 15.3. The largest absolute Gasteiger partial charge is 0.494 e. The van der Waals surface area contributed by atoms with Gasteiger partial charge in [0.05, 0.1) is 62.5 Å². The number of carbonyl (C=O) groups excluding carboxylic acids is 2. The van der Waals surface area contributed by atoms with Crippen molar-refractivity contribution in [3.05, 3.63) is 315 Å². The highest BCUT2D eigenvalue weighted by molar-refractivity contribution is 7.14. The quantitative estimate of drug-likeness (QED) is 0.0162. The van der Waals surface area contributed by atoms with Crippen LogP contribution >= 0.6 is 22.7 Å². The SMILES string of the molecule is [C-]#[N+]/C(C#N)=C1\C(=C\c2cc3c(s2)C(c2ccc(OCCCCCCCC)cc2)(c2ccc(OCCCCCCCC)cc2)c2cc4c(cc2-3)C(c2ccc(OCCCCCCCC)cc2)(c2ccc(OCCCCCCCC)cc2)c2sc(/C=C3\C(=O)c5cc6ccccc6cc5\C3=C(\C#N)[N+]#[C-])cc2-4)C(=O)c2cc3ccccc3cc21. The van der Waals surface area contributed by atoms with Crippen LogP contribution in [-0.2, 0) is 10.8 Å². The zero-order chi connectivity index (χ0) is 81.5. The third-order valence-corrected chi connectivity index (χ3v) is 26.7. The summed E-state index contributed by atoms with van der Waals surface area (Å²) in [7, 11) is 0. The molecule has 594 valence electrons. The Morgan fingerprint density at radius 1 is 0.347 bits per heavy atom. The second kappa shape index (κ2) is 37.7. The summed E-state index contributed by atoms with van der Waals surface area (Å²) in [5.74, 6) is 2.59. The molecule has 0 N–H and O–H groups in total. The van der Waals surface area contributed by atoms with Crippen LogP contribution in [0.15, 0.2) is 217 Å². The second-order valence-electron chi connectivity index (χ2n) is 31.9. The van der Waals surface area contributed by atoms with Gasteiger partial charge in [0.2, 0.25) is 0 Å². The molecule has 0 radical (unpaired) electrons. The highest BCUT2D eigenvalue weighted by atomic mass is 32.1. The molecule has 0 bridgehead atoms. The molecule has 15 rings (SSSR count). The van der Waals surface area contributed by atoms with E-state index in [9.17, 15) is 10.5 Å². The minimum atomic E-state index is -1.06. The Morgan fingerprint density at radius 2 is 0.619 bits per heavy atom. The number of unbranched alkanes of at least 4 members (excludes halogenated alkanes) is 20. The third-order valence-electron chi connectivity index (χ3n) is 24.3. The molecular formula is C106H102N4O6S2. The van der Waals surface area contributed by atoms with Crippen molar-refractivity contribution < 1.29 is 28.5 Å². The Morgan fingerprint density at radius 3 is 0.890 bits per heavy atom. The fourth-order valence-corrected chi connectivity index (χ4v) is 21.0. The van der Waals surface area contributed by atoms with Gasteiger partial charge < -0.3 is 18.9 Å². The topological polar surface area (TPSA) is 127 Å². The van der Waals surface area contributed by atoms with Crippen molar-refractivity contribution in [3.63, 3.8) is 0 Å². The van der Waals surface area contributed by atoms with Gasteiger partial charge in [-0.15, -0.1) is 22.7 Å². The molecule has 0 aliphatic heterocycles. The second-order valence-corrected chi connectivity index (χ2v) is 34.1. The number of ether oxygens (including phenoxy) is 4. The number of thiophene rings is 2. The zero-order valence-electron chi connectivity index (χ0n) is 68.5. The highest BCUT2D eigenvalue weighted by Crippen LogP contribution is 2.66. The summed E-state index contributed by atoms with van der Waals surface area (Å²) in [6.45, 7) is 28.2. The summed E-state index contributed by atoms with van der Waals surface area (Å²) in [6.07, 6.45) is 31.2. The van der Waals surface area contributed by atoms with Crippen molar-refractivity contribution in [2.24, 2.45) is 0 Å². The van der Waals surface area contributed by atoms with Gasteiger partial charge in [0.15, 0.2) is 11.6 Å². The van der Waals surface area contributed by atoms with Gasteiger partial charge in [-0.1, -0.05) is 253 Å². The molecule has 0 fully saturated rings. The fraction of sp³-hybridized carbons (Fsp3) is 0.321. The minimum Gasteiger partial charge on any atom is -0.494 e. The van der Waals surface area contributed by atoms with E-state index in [1.807, 2.05) is 84.9 Å². The molecule has 9 aromatic carbocycles. The maximum Gasteiger partial charge on any atom is 0.270 e. The summed E-state index contributed by atoms with van der Waals surface area (Å²) < 4.78 is 26.6. The van der Waals surface area contributed by atoms with Gasteiger partial charge in [0, 0.05) is 52.9 Å². The van der Waals surface area contributed by atoms with Crippen LogP contribution in [0.1, 0.15) is 267 Å². The summed E-state index contributed by atoms with van der Waals surface area (Å²) in [5.41, 5.74) is 10.8. The molecule has 4 aliphatic rings. The Hall–Kier alpha value is -11.6. The number of allylic oxidation sites excluding steroid dienone is 6. The van der Waals surface area contributed by atoms with Crippen LogP contribution in [0.2, 0.25) is 0 Å². The van der Waals surface area contributed by atoms with Crippen LogP contribution < -0.4 is 18.9 Å². The van der Waals surface area contributed by atoms with E-state index >= 15 is 9.59 Å². The van der Waals surface area contributed by atoms with E-state index in [2.05, 4.69) is 171 Å². The maximum absolute atomic E-state index is 15.4. The lowest BCUT2D eigenvalue weighted by Gasteiger charge is -2.35. The van der Waals surface area contributed by atoms with Crippen LogP contribution in [0.3, 0.4) is 0 Å². The van der Waals surface area contributed by atoms with Crippen LogP contribution in [0.5, 0.6) is 23.0 Å². The van der Waals surface area contributed by atoms with Gasteiger partial charge >= 0.3 is 0 Å². The lowest BCUT2D eigenvalue weighted by Crippen LogP contribution is -2.29. The summed E-state index contributed by atoms with van der Waals surface area (Å²) in [5, 5.41) is 25.3. The van der Waals surface area contributed by atoms with Crippen molar-refractivity contribution in [1.29, 1.82) is 10.5 Å². The Bertz CT molecular complexity index is 5350. The molecule has 2 aromatic heterocycles. The standard InChI is InChI=1S/C106H102N4O6S2/c1-7-11-15-19-23-31-55-113-79-47-39-75(40-48-79)105(76-41-49-80(50-42-76)114-56-32-24-20-16-12-8-2)95-67-86-92-64-84(66-94-100(98(70-108)110-6)88-60-72-36-28-30-38-74(72)62-90(88)102(94)112)118-104(92)106(77-43-51-81(52-44-77)115-57-33-25-21-17-13-9-3,78-45-53-82(54-46-78)116-58-34-26-22-18-14-10-4)96(86)68-85(95)91-63-83(117-103(91)105)65-93-99(97(69-107)109-5)87-59-71-35-27-29-37-73(71)61-89(87)101(93)111/h27-30,35-54,59-68H,7-26,31-34,55-58H2,1-4H3/b93-65-,94-66-,99-97-,100-98+. The summed E-state index contributed by atoms with van der Waals surface area (Å²) in [6, 6.07) is 71.8. The van der Waals surface area contributed by atoms with Gasteiger partial charge in [0.1, 0.15) is 23.0 Å². The number of ketones is 2. The number of hydrogen-bond donors (Lipinski definition) is 0. The lowest BCUT2D eigenvalue weighted by molar-refractivity contribution is 0.103. The van der Waals surface area contributed by atoms with E-state index < -0.39 is 10.8 Å². The van der Waals surface area contributed by atoms with Crippen LogP contribution in [0.4, 0.5) is 0 Å². The van der Waals surface area contributed by atoms with Crippen molar-refractivity contribution in [2.75, 3.05) is 26.4 Å². The molecule has 0 unspecified atom stereocenters. The van der Waals surface area contributed by atoms with Crippen molar-refractivity contribution in [1.82, 2.24) is 0 Å². The molecule has 0 amide bonds. The number of nitriles is 2. The van der Waals surface area contributed by atoms with E-state index in [1.165, 1.54) is 103 Å². The molecule has 0 atom stereocenters. The Labute approximate surface area is 704 Å². The first kappa shape index (κ1) is 81.5. The Kier molecular flexibility index (Phi) is 26.1. The maximum atomic E-state index is 15.4. The van der Waals surface area contributed by atoms with Gasteiger partial charge in [-0.25, -0.2) is 20.2 Å². The van der Waals surface area contributed by atoms with Gasteiger partial charge in [-0.2, -0.15) is 0 Å². The van der Waals surface area contributed by atoms with Gasteiger partial charge in [0.25, 0.3) is 11.4 Å². The van der Waals surface area contributed by atoms with E-state index in [0.29, 0.717) is 71.0 Å². The van der Waals surface area contributed by atoms with Crippen molar-refractivity contribution in [3.8, 4) is 57.4 Å². The van der Waals surface area contributed by atoms with Crippen LogP contribution in [-0.4, -0.2) is 38.0 Å². The molecule has 2 heterocycles. The average molecular weight is 1590 g/mol. The molecule has 0 saturated carbocycles. The van der Waals surface area contributed by atoms with E-state index in [0.717, 1.165) is 171 Å².